The Morgan fingerprint density at radius 1 is 0.574 bits per heavy atom. The van der Waals surface area contributed by atoms with Crippen LogP contribution in [0.2, 0.25) is 5.82 Å². The Morgan fingerprint density at radius 2 is 1.22 bits per heavy atom. The molecule has 5 aromatic rings. The fraction of sp³-hybridized carbons (Fsp3) is 0.531. The van der Waals surface area contributed by atoms with Crippen molar-refractivity contribution in [1.82, 2.24) is 0 Å². The number of rotatable bonds is 2. The lowest BCUT2D eigenvalue weighted by atomic mass is 9.27. The van der Waals surface area contributed by atoms with Crippen LogP contribution in [0.4, 0.5) is 28.4 Å². The van der Waals surface area contributed by atoms with Crippen LogP contribution in [-0.4, -0.2) is 29.9 Å². The van der Waals surface area contributed by atoms with Gasteiger partial charge in [-0.3, -0.25) is 0 Å². The van der Waals surface area contributed by atoms with Crippen LogP contribution < -0.4 is 25.6 Å². The molecule has 3 nitrogen and oxygen atoms in total. The van der Waals surface area contributed by atoms with Gasteiger partial charge in [-0.05, 0) is 167 Å². The highest BCUT2D eigenvalue weighted by Gasteiger charge is 2.64. The first-order valence-electron chi connectivity index (χ1n) is 27.2. The van der Waals surface area contributed by atoms with Gasteiger partial charge in [0.05, 0.1) is 5.54 Å². The van der Waals surface area contributed by atoms with Gasteiger partial charge in [0, 0.05) is 62.3 Å². The van der Waals surface area contributed by atoms with Gasteiger partial charge in [0.25, 0.3) is 0 Å². The summed E-state index contributed by atoms with van der Waals surface area (Å²) in [6.45, 7) is 33.0. The Bertz CT molecular complexity index is 2980. The zero-order valence-electron chi connectivity index (χ0n) is 44.0. The van der Waals surface area contributed by atoms with Gasteiger partial charge < -0.3 is 14.7 Å². The summed E-state index contributed by atoms with van der Waals surface area (Å²) in [6, 6.07) is 36.2. The van der Waals surface area contributed by atoms with Gasteiger partial charge in [0.2, 0.25) is 6.71 Å². The number of anilines is 5. The molecule has 3 saturated carbocycles. The van der Waals surface area contributed by atoms with Gasteiger partial charge in [-0.2, -0.15) is 0 Å². The SMILES string of the molecule is Cc1cc2c3c(c1)N1c4c(cc(C(C)(C)C)cc4C4(C)CCCCC14C)B3C1CCC(N3c4ccc(C(C)(C)C)cc4C4(C)CCCCC34C)CC1N2c1ccc2c(c1)C(C)(C)c1ccccc1-2. The molecule has 4 heterocycles. The summed E-state index contributed by atoms with van der Waals surface area (Å²) in [4.78, 5) is 9.02. The molecule has 7 unspecified atom stereocenters. The average molecular weight is 900 g/mol. The van der Waals surface area contributed by atoms with E-state index >= 15 is 0 Å². The third kappa shape index (κ3) is 5.34. The molecule has 0 aromatic heterocycles. The molecule has 8 aliphatic rings. The molecule has 0 radical (unpaired) electrons. The minimum Gasteiger partial charge on any atom is -0.362 e. The van der Waals surface area contributed by atoms with Crippen molar-refractivity contribution in [3.8, 4) is 11.1 Å². The number of nitrogens with zero attached hydrogens (tertiary/aromatic N) is 3. The van der Waals surface area contributed by atoms with E-state index in [0.29, 0.717) is 24.6 Å². The lowest BCUT2D eigenvalue weighted by molar-refractivity contribution is 0.163. The molecule has 13 rings (SSSR count). The molecule has 4 heteroatoms. The fourth-order valence-electron chi connectivity index (χ4n) is 17.2. The van der Waals surface area contributed by atoms with Crippen LogP contribution >= 0.6 is 0 Å². The highest BCUT2D eigenvalue weighted by atomic mass is 15.3. The van der Waals surface area contributed by atoms with Gasteiger partial charge in [0.15, 0.2) is 0 Å². The fourth-order valence-corrected chi connectivity index (χ4v) is 17.2. The number of benzene rings is 5. The maximum absolute atomic E-state index is 3.08. The number of fused-ring (bicyclic) bond motifs is 13. The summed E-state index contributed by atoms with van der Waals surface area (Å²) < 4.78 is 0. The summed E-state index contributed by atoms with van der Waals surface area (Å²) >= 11 is 0. The van der Waals surface area contributed by atoms with Crippen molar-refractivity contribution in [2.75, 3.05) is 14.7 Å². The van der Waals surface area contributed by atoms with Crippen molar-refractivity contribution in [3.63, 3.8) is 0 Å². The van der Waals surface area contributed by atoms with E-state index in [0.717, 1.165) is 6.42 Å². The Morgan fingerprint density at radius 3 is 1.96 bits per heavy atom. The van der Waals surface area contributed by atoms with E-state index in [1.54, 1.807) is 33.4 Å². The topological polar surface area (TPSA) is 9.72 Å². The van der Waals surface area contributed by atoms with Crippen molar-refractivity contribution >= 4 is 46.1 Å². The van der Waals surface area contributed by atoms with Gasteiger partial charge >= 0.3 is 0 Å². The predicted molar refractivity (Wildman–Crippen MR) is 291 cm³/mol. The third-order valence-corrected chi connectivity index (χ3v) is 21.4. The zero-order chi connectivity index (χ0) is 47.5. The third-order valence-electron chi connectivity index (χ3n) is 21.4. The summed E-state index contributed by atoms with van der Waals surface area (Å²) in [6.07, 6.45) is 13.9. The summed E-state index contributed by atoms with van der Waals surface area (Å²) in [5, 5.41) is 0. The van der Waals surface area contributed by atoms with E-state index in [9.17, 15) is 0 Å². The van der Waals surface area contributed by atoms with Crippen LogP contribution in [0.25, 0.3) is 11.1 Å². The van der Waals surface area contributed by atoms with Gasteiger partial charge in [-0.25, -0.2) is 0 Å². The molecule has 0 spiro atoms. The molecule has 0 bridgehead atoms. The lowest BCUT2D eigenvalue weighted by Gasteiger charge is -2.58. The van der Waals surface area contributed by atoms with E-state index in [4.69, 9.17) is 0 Å². The van der Waals surface area contributed by atoms with Crippen molar-refractivity contribution < 1.29 is 0 Å². The van der Waals surface area contributed by atoms with Gasteiger partial charge in [-0.15, -0.1) is 0 Å². The predicted octanol–water partition coefficient (Wildman–Crippen LogP) is 15.1. The number of hydrogen-bond donors (Lipinski definition) is 0. The molecule has 0 amide bonds. The lowest BCUT2D eigenvalue weighted by Crippen LogP contribution is -2.67. The summed E-state index contributed by atoms with van der Waals surface area (Å²) in [5.41, 5.74) is 24.7. The van der Waals surface area contributed by atoms with Crippen molar-refractivity contribution in [2.45, 2.75) is 217 Å². The minimum atomic E-state index is -0.0692. The second-order valence-corrected chi connectivity index (χ2v) is 27.2. The Hall–Kier alpha value is -4.44. The monoisotopic (exact) mass is 900 g/mol. The van der Waals surface area contributed by atoms with Crippen LogP contribution in [0.15, 0.2) is 84.9 Å². The Kier molecular flexibility index (Phi) is 8.78. The van der Waals surface area contributed by atoms with E-state index in [2.05, 4.69) is 190 Å². The maximum atomic E-state index is 3.08. The molecule has 0 N–H and O–H groups in total. The molecule has 0 saturated heterocycles. The van der Waals surface area contributed by atoms with Crippen LogP contribution in [-0.2, 0) is 27.1 Å². The molecule has 5 aromatic carbocycles. The highest BCUT2D eigenvalue weighted by Crippen LogP contribution is 2.65. The molecular weight excluding hydrogens is 822 g/mol. The summed E-state index contributed by atoms with van der Waals surface area (Å²) in [5.74, 6) is 0.485. The smallest absolute Gasteiger partial charge is 0.222 e. The average Bonchev–Trinajstić information content (AvgIpc) is 3.75. The van der Waals surface area contributed by atoms with Crippen molar-refractivity contribution in [2.24, 2.45) is 0 Å². The molecule has 352 valence electrons. The van der Waals surface area contributed by atoms with Gasteiger partial charge in [-0.1, -0.05) is 156 Å². The van der Waals surface area contributed by atoms with Crippen molar-refractivity contribution in [3.05, 3.63) is 124 Å². The summed E-state index contributed by atoms with van der Waals surface area (Å²) in [7, 11) is 0. The van der Waals surface area contributed by atoms with Crippen LogP contribution in [0.1, 0.15) is 193 Å². The van der Waals surface area contributed by atoms with E-state index in [1.807, 2.05) is 0 Å². The van der Waals surface area contributed by atoms with Crippen LogP contribution in [0.3, 0.4) is 0 Å². The molecule has 68 heavy (non-hydrogen) atoms. The molecule has 4 aliphatic heterocycles. The van der Waals surface area contributed by atoms with Gasteiger partial charge in [0.1, 0.15) is 0 Å². The first-order chi connectivity index (χ1) is 32.1. The first kappa shape index (κ1) is 43.6. The maximum Gasteiger partial charge on any atom is 0.222 e. The van der Waals surface area contributed by atoms with Crippen LogP contribution in [0.5, 0.6) is 0 Å². The quantitative estimate of drug-likeness (QED) is 0.164. The van der Waals surface area contributed by atoms with E-state index in [1.165, 1.54) is 120 Å². The molecule has 4 aliphatic carbocycles. The normalized spacial score (nSPS) is 31.3. The Labute approximate surface area is 410 Å². The second-order valence-electron chi connectivity index (χ2n) is 27.2. The van der Waals surface area contributed by atoms with Crippen LogP contribution in [0, 0.1) is 6.92 Å². The molecule has 7 atom stereocenters. The number of hydrogen-bond acceptors (Lipinski definition) is 3. The van der Waals surface area contributed by atoms with E-state index < -0.39 is 0 Å². The second kappa shape index (κ2) is 13.7. The zero-order valence-corrected chi connectivity index (χ0v) is 44.0. The van der Waals surface area contributed by atoms with Crippen molar-refractivity contribution in [1.29, 1.82) is 0 Å². The first-order valence-corrected chi connectivity index (χ1v) is 27.2. The van der Waals surface area contributed by atoms with E-state index in [-0.39, 0.29) is 38.2 Å². The Balaban J connectivity index is 1.04. The minimum absolute atomic E-state index is 0.0200. The number of aryl methyl sites for hydroxylation is 1. The standard InChI is InChI=1S/C64H78BN3/c1-39-32-54-56-55(33-39)68-57-49(62(11)29-17-19-31-64(62,68)13)35-41(59(5,6)7)36-51(57)65(56)50-26-24-43(67-52-27-22-40(58(2,3)4)34-48(52)61(10)28-16-18-30-63(61,67)12)38-53(50)66(54)42-23-25-45-44-20-14-15-21-46(44)60(8,9)47(45)37-42/h14-15,20-23,25,27,32-37,43,50,53H,16-19,24,26,28-31,38H2,1-13H3. The highest BCUT2D eigenvalue weighted by molar-refractivity contribution is 6.91. The largest absolute Gasteiger partial charge is 0.362 e. The molecule has 3 fully saturated rings. The molecular formula is C64H78BN3.